The van der Waals surface area contributed by atoms with E-state index in [4.69, 9.17) is 0 Å². The quantitative estimate of drug-likeness (QED) is 0.508. The maximum absolute atomic E-state index is 9.78. The lowest BCUT2D eigenvalue weighted by atomic mass is 10.3. The highest BCUT2D eigenvalue weighted by molar-refractivity contribution is 7.11. The minimum Gasteiger partial charge on any atom is -0.468 e. The summed E-state index contributed by atoms with van der Waals surface area (Å²) in [7, 11) is 0. The molecule has 11 heavy (non-hydrogen) atoms. The van der Waals surface area contributed by atoms with E-state index in [0.717, 1.165) is 6.42 Å². The Morgan fingerprint density at radius 3 is 3.00 bits per heavy atom. The van der Waals surface area contributed by atoms with Crippen molar-refractivity contribution in [3.8, 4) is 0 Å². The van der Waals surface area contributed by atoms with Crippen LogP contribution < -0.4 is 0 Å². The Hall–Kier alpha value is -0.830. The summed E-state index contributed by atoms with van der Waals surface area (Å²) in [6.07, 6.45) is 0.831. The number of carbonyl (C=O) groups is 1. The van der Waals surface area contributed by atoms with E-state index in [1.807, 2.05) is 0 Å². The van der Waals surface area contributed by atoms with Crippen LogP contribution >= 0.6 is 11.3 Å². The Labute approximate surface area is 69.8 Å². The molecule has 0 saturated heterocycles. The lowest BCUT2D eigenvalue weighted by Crippen LogP contribution is -1.93. The predicted octanol–water partition coefficient (Wildman–Crippen LogP) is 1.77. The highest BCUT2D eigenvalue weighted by Gasteiger charge is 1.95. The summed E-state index contributed by atoms with van der Waals surface area (Å²) >= 11 is 1.74. The molecule has 1 aromatic rings. The second-order valence-electron chi connectivity index (χ2n) is 2.23. The maximum atomic E-state index is 9.78. The second-order valence-corrected chi connectivity index (χ2v) is 3.60. The average molecular weight is 170 g/mol. The molecular formula is C8H10O2S. The Balaban J connectivity index is 2.32. The van der Waals surface area contributed by atoms with Crippen LogP contribution in [-0.2, 0) is 16.0 Å². The van der Waals surface area contributed by atoms with E-state index < -0.39 is 0 Å². The maximum Gasteiger partial charge on any atom is 0.293 e. The van der Waals surface area contributed by atoms with Gasteiger partial charge in [0.15, 0.2) is 0 Å². The van der Waals surface area contributed by atoms with E-state index in [2.05, 4.69) is 23.8 Å². The van der Waals surface area contributed by atoms with Crippen LogP contribution in [0.3, 0.4) is 0 Å². The number of hydrogen-bond acceptors (Lipinski definition) is 3. The molecule has 1 heterocycles. The van der Waals surface area contributed by atoms with Gasteiger partial charge in [0, 0.05) is 16.2 Å². The lowest BCUT2D eigenvalue weighted by Gasteiger charge is -1.93. The van der Waals surface area contributed by atoms with Crippen molar-refractivity contribution in [2.75, 3.05) is 6.61 Å². The number of rotatable bonds is 4. The molecule has 0 aliphatic rings. The first-order valence-corrected chi connectivity index (χ1v) is 4.25. The van der Waals surface area contributed by atoms with E-state index in [1.165, 1.54) is 9.75 Å². The van der Waals surface area contributed by atoms with Crippen LogP contribution in [-0.4, -0.2) is 13.1 Å². The van der Waals surface area contributed by atoms with Crippen LogP contribution in [0.25, 0.3) is 0 Å². The molecular weight excluding hydrogens is 160 g/mol. The fraction of sp³-hybridized carbons (Fsp3) is 0.375. The van der Waals surface area contributed by atoms with Crippen LogP contribution in [0.1, 0.15) is 9.75 Å². The van der Waals surface area contributed by atoms with Gasteiger partial charge in [0.2, 0.25) is 0 Å². The van der Waals surface area contributed by atoms with Gasteiger partial charge >= 0.3 is 0 Å². The third-order valence-corrected chi connectivity index (χ3v) is 2.39. The largest absolute Gasteiger partial charge is 0.468 e. The summed E-state index contributed by atoms with van der Waals surface area (Å²) in [4.78, 5) is 12.3. The minimum atomic E-state index is 0.487. The topological polar surface area (TPSA) is 26.3 Å². The molecule has 0 aliphatic heterocycles. The van der Waals surface area contributed by atoms with Crippen LogP contribution in [0.5, 0.6) is 0 Å². The third-order valence-electron chi connectivity index (χ3n) is 1.33. The Kier molecular flexibility index (Phi) is 3.11. The first kappa shape index (κ1) is 8.27. The molecule has 2 nitrogen and oxygen atoms in total. The van der Waals surface area contributed by atoms with Gasteiger partial charge in [-0.1, -0.05) is 0 Å². The molecule has 1 aromatic heterocycles. The fourth-order valence-corrected chi connectivity index (χ4v) is 1.70. The van der Waals surface area contributed by atoms with Gasteiger partial charge in [-0.15, -0.1) is 11.3 Å². The standard InChI is InChI=1S/C8H10O2S/c1-7-2-3-8(11-7)4-5-10-6-9/h2-3,6H,4-5H2,1H3. The number of thiophene rings is 1. The zero-order chi connectivity index (χ0) is 8.10. The van der Waals surface area contributed by atoms with Crippen LogP contribution in [0, 0.1) is 6.92 Å². The normalized spacial score (nSPS) is 9.55. The molecule has 0 saturated carbocycles. The first-order chi connectivity index (χ1) is 5.33. The van der Waals surface area contributed by atoms with Gasteiger partial charge in [-0.2, -0.15) is 0 Å². The van der Waals surface area contributed by atoms with Gasteiger partial charge in [-0.3, -0.25) is 4.79 Å². The van der Waals surface area contributed by atoms with Crippen molar-refractivity contribution in [3.05, 3.63) is 21.9 Å². The minimum absolute atomic E-state index is 0.487. The lowest BCUT2D eigenvalue weighted by molar-refractivity contribution is -0.128. The molecule has 0 radical (unpaired) electrons. The molecule has 0 amide bonds. The smallest absolute Gasteiger partial charge is 0.293 e. The average Bonchev–Trinajstić information content (AvgIpc) is 2.37. The molecule has 0 atom stereocenters. The summed E-state index contributed by atoms with van der Waals surface area (Å²) in [6.45, 7) is 3.04. The third kappa shape index (κ3) is 2.72. The van der Waals surface area contributed by atoms with Crippen molar-refractivity contribution in [3.63, 3.8) is 0 Å². The summed E-state index contributed by atoms with van der Waals surface area (Å²) in [5, 5.41) is 0. The molecule has 0 fully saturated rings. The SMILES string of the molecule is Cc1ccc(CCOC=O)s1. The molecule has 0 bridgehead atoms. The molecule has 0 N–H and O–H groups in total. The monoisotopic (exact) mass is 170 g/mol. The molecule has 1 rings (SSSR count). The summed E-state index contributed by atoms with van der Waals surface area (Å²) < 4.78 is 4.57. The number of aryl methyl sites for hydroxylation is 1. The number of carbonyl (C=O) groups excluding carboxylic acids is 1. The van der Waals surface area contributed by atoms with Gasteiger partial charge in [0.25, 0.3) is 6.47 Å². The molecule has 0 aliphatic carbocycles. The van der Waals surface area contributed by atoms with Crippen molar-refractivity contribution in [1.29, 1.82) is 0 Å². The molecule has 0 spiro atoms. The Morgan fingerprint density at radius 1 is 1.64 bits per heavy atom. The summed E-state index contributed by atoms with van der Waals surface area (Å²) in [5.74, 6) is 0. The number of ether oxygens (including phenoxy) is 1. The van der Waals surface area contributed by atoms with Crippen molar-refractivity contribution in [1.82, 2.24) is 0 Å². The van der Waals surface area contributed by atoms with Crippen molar-refractivity contribution >= 4 is 17.8 Å². The van der Waals surface area contributed by atoms with E-state index in [9.17, 15) is 4.79 Å². The van der Waals surface area contributed by atoms with E-state index in [1.54, 1.807) is 11.3 Å². The molecule has 60 valence electrons. The molecule has 0 unspecified atom stereocenters. The van der Waals surface area contributed by atoms with Gasteiger partial charge in [0.1, 0.15) is 0 Å². The van der Waals surface area contributed by atoms with Gasteiger partial charge in [0.05, 0.1) is 6.61 Å². The zero-order valence-electron chi connectivity index (χ0n) is 6.37. The first-order valence-electron chi connectivity index (χ1n) is 3.43. The molecule has 0 aromatic carbocycles. The van der Waals surface area contributed by atoms with Gasteiger partial charge in [-0.05, 0) is 19.1 Å². The van der Waals surface area contributed by atoms with Crippen molar-refractivity contribution < 1.29 is 9.53 Å². The molecule has 3 heteroatoms. The van der Waals surface area contributed by atoms with Crippen molar-refractivity contribution in [2.24, 2.45) is 0 Å². The Bertz CT molecular complexity index is 230. The van der Waals surface area contributed by atoms with Crippen LogP contribution in [0.4, 0.5) is 0 Å². The zero-order valence-corrected chi connectivity index (χ0v) is 7.19. The highest BCUT2D eigenvalue weighted by Crippen LogP contribution is 2.15. The van der Waals surface area contributed by atoms with Gasteiger partial charge < -0.3 is 4.74 Å². The van der Waals surface area contributed by atoms with Crippen LogP contribution in [0.15, 0.2) is 12.1 Å². The van der Waals surface area contributed by atoms with Crippen molar-refractivity contribution in [2.45, 2.75) is 13.3 Å². The predicted molar refractivity (Wildman–Crippen MR) is 44.8 cm³/mol. The fourth-order valence-electron chi connectivity index (χ4n) is 0.827. The van der Waals surface area contributed by atoms with E-state index >= 15 is 0 Å². The summed E-state index contributed by atoms with van der Waals surface area (Å²) in [6, 6.07) is 4.13. The Morgan fingerprint density at radius 2 is 2.45 bits per heavy atom. The van der Waals surface area contributed by atoms with Crippen LogP contribution in [0.2, 0.25) is 0 Å². The van der Waals surface area contributed by atoms with Gasteiger partial charge in [-0.25, -0.2) is 0 Å². The second kappa shape index (κ2) is 4.13. The summed E-state index contributed by atoms with van der Waals surface area (Å²) in [5.41, 5.74) is 0. The highest BCUT2D eigenvalue weighted by atomic mass is 32.1. The number of hydrogen-bond donors (Lipinski definition) is 0. The van der Waals surface area contributed by atoms with E-state index in [-0.39, 0.29) is 0 Å². The van der Waals surface area contributed by atoms with E-state index in [0.29, 0.717) is 13.1 Å².